The highest BCUT2D eigenvalue weighted by molar-refractivity contribution is 5.82. The molecule has 1 unspecified atom stereocenters. The number of carbonyl (C=O) groups excluding carboxylic acids is 1. The average molecular weight is 305 g/mol. The molecule has 1 aliphatic rings. The zero-order valence-electron chi connectivity index (χ0n) is 11.9. The number of nitrogens with zero attached hydrogens (tertiary/aromatic N) is 4. The summed E-state index contributed by atoms with van der Waals surface area (Å²) in [5.74, 6) is -1.02. The highest BCUT2D eigenvalue weighted by Crippen LogP contribution is 2.30. The van der Waals surface area contributed by atoms with E-state index in [1.54, 1.807) is 6.92 Å². The van der Waals surface area contributed by atoms with E-state index >= 15 is 0 Å². The van der Waals surface area contributed by atoms with Crippen molar-refractivity contribution in [3.8, 4) is 0 Å². The molecule has 0 fully saturated rings. The molecule has 0 spiro atoms. The number of carbonyl (C=O) groups is 1. The minimum atomic E-state index is -4.54. The van der Waals surface area contributed by atoms with Gasteiger partial charge in [-0.25, -0.2) is 0 Å². The second-order valence-corrected chi connectivity index (χ2v) is 5.43. The van der Waals surface area contributed by atoms with Crippen LogP contribution in [0, 0.1) is 5.41 Å². The Labute approximate surface area is 120 Å². The Bertz CT molecular complexity index is 535. The molecule has 118 valence electrons. The highest BCUT2D eigenvalue weighted by Gasteiger charge is 2.41. The van der Waals surface area contributed by atoms with Crippen molar-refractivity contribution < 1.29 is 18.0 Å². The fourth-order valence-corrected chi connectivity index (χ4v) is 2.31. The van der Waals surface area contributed by atoms with E-state index in [1.165, 1.54) is 4.90 Å². The summed E-state index contributed by atoms with van der Waals surface area (Å²) in [5.41, 5.74) is 4.95. The van der Waals surface area contributed by atoms with Crippen LogP contribution in [0.4, 0.5) is 13.2 Å². The molecule has 1 aromatic rings. The third-order valence-electron chi connectivity index (χ3n) is 4.04. The van der Waals surface area contributed by atoms with Crippen molar-refractivity contribution >= 4 is 5.91 Å². The Morgan fingerprint density at radius 3 is 2.52 bits per heavy atom. The smallest absolute Gasteiger partial charge is 0.333 e. The minimum Gasteiger partial charge on any atom is -0.333 e. The fraction of sp³-hybridized carbons (Fsp3) is 0.750. The van der Waals surface area contributed by atoms with Crippen LogP contribution >= 0.6 is 0 Å². The maximum absolute atomic E-state index is 12.7. The first-order chi connectivity index (χ1) is 9.73. The molecule has 1 atom stereocenters. The molecular formula is C12H18F3N5O. The van der Waals surface area contributed by atoms with Crippen LogP contribution in [0.25, 0.3) is 0 Å². The van der Waals surface area contributed by atoms with Gasteiger partial charge in [0.25, 0.3) is 0 Å². The molecule has 2 heterocycles. The third kappa shape index (κ3) is 2.74. The third-order valence-corrected chi connectivity index (χ3v) is 4.04. The summed E-state index contributed by atoms with van der Waals surface area (Å²) >= 11 is 0. The van der Waals surface area contributed by atoms with E-state index in [9.17, 15) is 18.0 Å². The summed E-state index contributed by atoms with van der Waals surface area (Å²) in [6.45, 7) is 4.07. The van der Waals surface area contributed by atoms with E-state index in [1.807, 2.05) is 6.92 Å². The lowest BCUT2D eigenvalue weighted by atomic mass is 9.86. The van der Waals surface area contributed by atoms with Gasteiger partial charge in [0.2, 0.25) is 11.7 Å². The predicted octanol–water partition coefficient (Wildman–Crippen LogP) is 1.01. The molecule has 1 amide bonds. The van der Waals surface area contributed by atoms with Crippen LogP contribution in [0.2, 0.25) is 0 Å². The zero-order chi connectivity index (χ0) is 15.8. The van der Waals surface area contributed by atoms with Gasteiger partial charge in [-0.05, 0) is 13.3 Å². The van der Waals surface area contributed by atoms with Gasteiger partial charge in [-0.2, -0.15) is 13.2 Å². The van der Waals surface area contributed by atoms with Crippen molar-refractivity contribution in [1.29, 1.82) is 0 Å². The first kappa shape index (κ1) is 15.7. The lowest BCUT2D eigenvalue weighted by Crippen LogP contribution is -2.49. The average Bonchev–Trinajstić information content (AvgIpc) is 2.88. The molecular weight excluding hydrogens is 287 g/mol. The number of amides is 1. The molecule has 0 saturated carbocycles. The predicted molar refractivity (Wildman–Crippen MR) is 67.9 cm³/mol. The summed E-state index contributed by atoms with van der Waals surface area (Å²) in [5, 5.41) is 6.75. The van der Waals surface area contributed by atoms with Gasteiger partial charge in [0.15, 0.2) is 5.82 Å². The maximum atomic E-state index is 12.7. The molecule has 2 N–H and O–H groups in total. The Kier molecular flexibility index (Phi) is 3.96. The molecule has 9 heteroatoms. The van der Waals surface area contributed by atoms with Crippen molar-refractivity contribution in [2.75, 3.05) is 13.1 Å². The SMILES string of the molecule is CCC(C)(CN)C(=O)N1CCn2c(nnc2C(F)(F)F)C1. The van der Waals surface area contributed by atoms with Crippen LogP contribution in [0.15, 0.2) is 0 Å². The fourth-order valence-electron chi connectivity index (χ4n) is 2.31. The minimum absolute atomic E-state index is 0.0253. The molecule has 21 heavy (non-hydrogen) atoms. The molecule has 1 aromatic heterocycles. The summed E-state index contributed by atoms with van der Waals surface area (Å²) in [6, 6.07) is 0. The number of fused-ring (bicyclic) bond motifs is 1. The van der Waals surface area contributed by atoms with E-state index < -0.39 is 17.4 Å². The zero-order valence-corrected chi connectivity index (χ0v) is 11.9. The van der Waals surface area contributed by atoms with Crippen molar-refractivity contribution in [2.45, 2.75) is 39.5 Å². The number of aromatic nitrogens is 3. The Morgan fingerprint density at radius 1 is 1.33 bits per heavy atom. The second-order valence-electron chi connectivity index (χ2n) is 5.43. The van der Waals surface area contributed by atoms with Crippen LogP contribution in [-0.4, -0.2) is 38.7 Å². The van der Waals surface area contributed by atoms with Gasteiger partial charge in [0, 0.05) is 19.6 Å². The molecule has 6 nitrogen and oxygen atoms in total. The van der Waals surface area contributed by atoms with Crippen LogP contribution in [0.5, 0.6) is 0 Å². The highest BCUT2D eigenvalue weighted by atomic mass is 19.4. The first-order valence-electron chi connectivity index (χ1n) is 6.71. The van der Waals surface area contributed by atoms with E-state index in [2.05, 4.69) is 10.2 Å². The number of alkyl halides is 3. The van der Waals surface area contributed by atoms with E-state index in [-0.39, 0.29) is 37.9 Å². The van der Waals surface area contributed by atoms with Gasteiger partial charge in [-0.15, -0.1) is 10.2 Å². The Hall–Kier alpha value is -1.64. The lowest BCUT2D eigenvalue weighted by molar-refractivity contribution is -0.149. The van der Waals surface area contributed by atoms with Crippen LogP contribution in [0.3, 0.4) is 0 Å². The molecule has 0 saturated heterocycles. The largest absolute Gasteiger partial charge is 0.451 e. The van der Waals surface area contributed by atoms with Crippen LogP contribution < -0.4 is 5.73 Å². The normalized spacial score (nSPS) is 18.3. The van der Waals surface area contributed by atoms with E-state index in [0.717, 1.165) is 4.57 Å². The Balaban J connectivity index is 2.21. The summed E-state index contributed by atoms with van der Waals surface area (Å²) in [7, 11) is 0. The van der Waals surface area contributed by atoms with Gasteiger partial charge >= 0.3 is 6.18 Å². The summed E-state index contributed by atoms with van der Waals surface area (Å²) < 4.78 is 39.3. The topological polar surface area (TPSA) is 77.0 Å². The van der Waals surface area contributed by atoms with Gasteiger partial charge < -0.3 is 15.2 Å². The lowest BCUT2D eigenvalue weighted by Gasteiger charge is -2.35. The number of hydrogen-bond acceptors (Lipinski definition) is 4. The second kappa shape index (κ2) is 5.28. The number of nitrogens with two attached hydrogens (primary N) is 1. The van der Waals surface area contributed by atoms with E-state index in [4.69, 9.17) is 5.73 Å². The van der Waals surface area contributed by atoms with Gasteiger partial charge in [-0.1, -0.05) is 6.92 Å². The van der Waals surface area contributed by atoms with Crippen molar-refractivity contribution in [3.63, 3.8) is 0 Å². The quantitative estimate of drug-likeness (QED) is 0.904. The number of rotatable bonds is 3. The van der Waals surface area contributed by atoms with Gasteiger partial charge in [-0.3, -0.25) is 4.79 Å². The monoisotopic (exact) mass is 305 g/mol. The molecule has 0 aliphatic carbocycles. The van der Waals surface area contributed by atoms with Crippen LogP contribution in [-0.2, 0) is 24.1 Å². The Morgan fingerprint density at radius 2 is 2.00 bits per heavy atom. The molecule has 0 radical (unpaired) electrons. The molecule has 2 rings (SSSR count). The van der Waals surface area contributed by atoms with Crippen molar-refractivity contribution in [2.24, 2.45) is 11.1 Å². The van der Waals surface area contributed by atoms with Crippen molar-refractivity contribution in [3.05, 3.63) is 11.6 Å². The number of hydrogen-bond donors (Lipinski definition) is 1. The van der Waals surface area contributed by atoms with Gasteiger partial charge in [0.1, 0.15) is 0 Å². The van der Waals surface area contributed by atoms with E-state index in [0.29, 0.717) is 6.42 Å². The maximum Gasteiger partial charge on any atom is 0.451 e. The van der Waals surface area contributed by atoms with Gasteiger partial charge in [0.05, 0.1) is 12.0 Å². The summed E-state index contributed by atoms with van der Waals surface area (Å²) in [6.07, 6.45) is -3.97. The summed E-state index contributed by atoms with van der Waals surface area (Å²) in [4.78, 5) is 14.0. The standard InChI is InChI=1S/C12H18F3N5O/c1-3-11(2,7-16)10(21)19-4-5-20-8(6-19)17-18-9(20)12(13,14)15/h3-7,16H2,1-2H3. The van der Waals surface area contributed by atoms with Crippen molar-refractivity contribution in [1.82, 2.24) is 19.7 Å². The molecule has 1 aliphatic heterocycles. The molecule has 0 bridgehead atoms. The van der Waals surface area contributed by atoms with Crippen LogP contribution in [0.1, 0.15) is 31.9 Å². The number of halogens is 3. The first-order valence-corrected chi connectivity index (χ1v) is 6.71. The molecule has 0 aromatic carbocycles.